The quantitative estimate of drug-likeness (QED) is 0.840. The summed E-state index contributed by atoms with van der Waals surface area (Å²) < 4.78 is 40.1. The van der Waals surface area contributed by atoms with E-state index >= 15 is 0 Å². The maximum absolute atomic E-state index is 13.1. The average molecular weight is 348 g/mol. The molecule has 0 aliphatic heterocycles. The molecule has 0 saturated heterocycles. The Balaban J connectivity index is 1.70. The van der Waals surface area contributed by atoms with Gasteiger partial charge in [-0.2, -0.15) is 0 Å². The van der Waals surface area contributed by atoms with E-state index in [9.17, 15) is 17.6 Å². The lowest BCUT2D eigenvalue weighted by Gasteiger charge is -2.09. The van der Waals surface area contributed by atoms with E-state index in [1.54, 1.807) is 12.1 Å². The maximum Gasteiger partial charge on any atom is 0.251 e. The van der Waals surface area contributed by atoms with E-state index in [1.807, 2.05) is 0 Å². The van der Waals surface area contributed by atoms with E-state index in [2.05, 4.69) is 10.0 Å². The minimum Gasteiger partial charge on any atom is -0.348 e. The van der Waals surface area contributed by atoms with E-state index in [4.69, 9.17) is 0 Å². The van der Waals surface area contributed by atoms with Crippen LogP contribution in [-0.4, -0.2) is 20.4 Å². The molecule has 2 N–H and O–H groups in total. The van der Waals surface area contributed by atoms with Crippen molar-refractivity contribution in [1.29, 1.82) is 0 Å². The second-order valence-electron chi connectivity index (χ2n) is 5.74. The van der Waals surface area contributed by atoms with Crippen LogP contribution < -0.4 is 10.0 Å². The van der Waals surface area contributed by atoms with E-state index in [0.717, 1.165) is 12.8 Å². The summed E-state index contributed by atoms with van der Waals surface area (Å²) in [6.45, 7) is 0.161. The molecule has 2 aromatic rings. The van der Waals surface area contributed by atoms with Crippen LogP contribution in [0.4, 0.5) is 4.39 Å². The van der Waals surface area contributed by atoms with Gasteiger partial charge in [0.25, 0.3) is 5.91 Å². The number of carbonyl (C=O) groups excluding carboxylic acids is 1. The van der Waals surface area contributed by atoms with Crippen LogP contribution in [0.1, 0.15) is 28.8 Å². The van der Waals surface area contributed by atoms with Gasteiger partial charge in [-0.1, -0.05) is 18.2 Å². The Morgan fingerprint density at radius 1 is 1.12 bits per heavy atom. The summed E-state index contributed by atoms with van der Waals surface area (Å²) in [6.07, 6.45) is 1.68. The van der Waals surface area contributed by atoms with E-state index < -0.39 is 15.9 Å². The highest BCUT2D eigenvalue weighted by atomic mass is 32.2. The third kappa shape index (κ3) is 4.18. The highest BCUT2D eigenvalue weighted by molar-refractivity contribution is 7.89. The van der Waals surface area contributed by atoms with Gasteiger partial charge in [0.15, 0.2) is 0 Å². The normalized spacial score (nSPS) is 14.4. The van der Waals surface area contributed by atoms with Gasteiger partial charge < -0.3 is 5.32 Å². The lowest BCUT2D eigenvalue weighted by atomic mass is 10.2. The molecule has 7 heteroatoms. The first-order valence-electron chi connectivity index (χ1n) is 7.59. The Morgan fingerprint density at radius 2 is 1.88 bits per heavy atom. The highest BCUT2D eigenvalue weighted by Gasteiger charge is 2.28. The predicted octanol–water partition coefficient (Wildman–Crippen LogP) is 2.20. The Hall–Kier alpha value is -2.25. The SMILES string of the molecule is O=C(NCc1cccc(F)c1)c1cccc(S(=O)(=O)NC2CC2)c1. The molecule has 2 aromatic carbocycles. The fourth-order valence-electron chi connectivity index (χ4n) is 2.22. The van der Waals surface area contributed by atoms with Gasteiger partial charge in [0, 0.05) is 18.2 Å². The van der Waals surface area contributed by atoms with Crippen LogP contribution in [0.2, 0.25) is 0 Å². The molecule has 24 heavy (non-hydrogen) atoms. The Morgan fingerprint density at radius 3 is 2.58 bits per heavy atom. The number of halogens is 1. The number of rotatable bonds is 6. The first-order valence-corrected chi connectivity index (χ1v) is 9.07. The minimum atomic E-state index is -3.61. The van der Waals surface area contributed by atoms with Crippen LogP contribution in [-0.2, 0) is 16.6 Å². The van der Waals surface area contributed by atoms with Crippen LogP contribution >= 0.6 is 0 Å². The Bertz CT molecular complexity index is 864. The summed E-state index contributed by atoms with van der Waals surface area (Å²) in [6, 6.07) is 11.8. The molecule has 0 aromatic heterocycles. The number of carbonyl (C=O) groups is 1. The molecule has 0 atom stereocenters. The molecule has 0 heterocycles. The summed E-state index contributed by atoms with van der Waals surface area (Å²) in [7, 11) is -3.61. The van der Waals surface area contributed by atoms with Gasteiger partial charge in [-0.05, 0) is 48.7 Å². The smallest absolute Gasteiger partial charge is 0.251 e. The fourth-order valence-corrected chi connectivity index (χ4v) is 3.57. The molecule has 0 radical (unpaired) electrons. The monoisotopic (exact) mass is 348 g/mol. The van der Waals surface area contributed by atoms with Crippen LogP contribution in [0.3, 0.4) is 0 Å². The molecule has 1 amide bonds. The summed E-state index contributed by atoms with van der Waals surface area (Å²) in [4.78, 5) is 12.3. The number of hydrogen-bond donors (Lipinski definition) is 2. The molecule has 0 bridgehead atoms. The second kappa shape index (κ2) is 6.70. The van der Waals surface area contributed by atoms with E-state index in [0.29, 0.717) is 5.56 Å². The predicted molar refractivity (Wildman–Crippen MR) is 87.4 cm³/mol. The van der Waals surface area contributed by atoms with Gasteiger partial charge in [-0.15, -0.1) is 0 Å². The third-order valence-corrected chi connectivity index (χ3v) is 5.17. The number of nitrogens with one attached hydrogen (secondary N) is 2. The molecular formula is C17H17FN2O3S. The molecule has 5 nitrogen and oxygen atoms in total. The van der Waals surface area contributed by atoms with E-state index in [-0.39, 0.29) is 28.9 Å². The lowest BCUT2D eigenvalue weighted by molar-refractivity contribution is 0.0950. The van der Waals surface area contributed by atoms with E-state index in [1.165, 1.54) is 36.4 Å². The first kappa shape index (κ1) is 16.6. The number of hydrogen-bond acceptors (Lipinski definition) is 3. The van der Waals surface area contributed by atoms with Crippen LogP contribution in [0.25, 0.3) is 0 Å². The first-order chi connectivity index (χ1) is 11.4. The van der Waals surface area contributed by atoms with Gasteiger partial charge in [0.1, 0.15) is 5.82 Å². The van der Waals surface area contributed by atoms with Gasteiger partial charge in [-0.25, -0.2) is 17.5 Å². The van der Waals surface area contributed by atoms with Crippen molar-refractivity contribution >= 4 is 15.9 Å². The van der Waals surface area contributed by atoms with Crippen molar-refractivity contribution < 1.29 is 17.6 Å². The van der Waals surface area contributed by atoms with Gasteiger partial charge >= 0.3 is 0 Å². The molecule has 3 rings (SSSR count). The number of benzene rings is 2. The summed E-state index contributed by atoms with van der Waals surface area (Å²) >= 11 is 0. The van der Waals surface area contributed by atoms with Crippen molar-refractivity contribution in [2.75, 3.05) is 0 Å². The third-order valence-electron chi connectivity index (χ3n) is 3.65. The minimum absolute atomic E-state index is 0.000426. The second-order valence-corrected chi connectivity index (χ2v) is 7.45. The standard InChI is InChI=1S/C17H17FN2O3S/c18-14-5-1-3-12(9-14)11-19-17(21)13-4-2-6-16(10-13)24(22,23)20-15-7-8-15/h1-6,9-10,15,20H,7-8,11H2,(H,19,21). The summed E-state index contributed by atoms with van der Waals surface area (Å²) in [5.74, 6) is -0.788. The molecule has 1 aliphatic carbocycles. The molecule has 1 saturated carbocycles. The van der Waals surface area contributed by atoms with Gasteiger partial charge in [0.05, 0.1) is 4.90 Å². The molecular weight excluding hydrogens is 331 g/mol. The van der Waals surface area contributed by atoms with Crippen molar-refractivity contribution in [2.45, 2.75) is 30.3 Å². The summed E-state index contributed by atoms with van der Waals surface area (Å²) in [5.41, 5.74) is 0.868. The number of amides is 1. The Labute approximate surface area is 139 Å². The lowest BCUT2D eigenvalue weighted by Crippen LogP contribution is -2.27. The molecule has 1 aliphatic rings. The van der Waals surface area contributed by atoms with Crippen LogP contribution in [0.5, 0.6) is 0 Å². The van der Waals surface area contributed by atoms with Crippen molar-refractivity contribution in [3.05, 3.63) is 65.5 Å². The van der Waals surface area contributed by atoms with Gasteiger partial charge in [0.2, 0.25) is 10.0 Å². The zero-order valence-electron chi connectivity index (χ0n) is 12.8. The van der Waals surface area contributed by atoms with Crippen molar-refractivity contribution in [3.8, 4) is 0 Å². The van der Waals surface area contributed by atoms with Crippen LogP contribution in [0.15, 0.2) is 53.4 Å². The largest absolute Gasteiger partial charge is 0.348 e. The topological polar surface area (TPSA) is 75.3 Å². The summed E-state index contributed by atoms with van der Waals surface area (Å²) in [5, 5.41) is 2.65. The molecule has 0 unspecified atom stereocenters. The molecule has 126 valence electrons. The highest BCUT2D eigenvalue weighted by Crippen LogP contribution is 2.22. The zero-order valence-corrected chi connectivity index (χ0v) is 13.6. The average Bonchev–Trinajstić information content (AvgIpc) is 3.36. The van der Waals surface area contributed by atoms with Crippen molar-refractivity contribution in [2.24, 2.45) is 0 Å². The number of sulfonamides is 1. The Kier molecular flexibility index (Phi) is 4.64. The van der Waals surface area contributed by atoms with Gasteiger partial charge in [-0.3, -0.25) is 4.79 Å². The fraction of sp³-hybridized carbons (Fsp3) is 0.235. The zero-order chi connectivity index (χ0) is 17.2. The van der Waals surface area contributed by atoms with Crippen molar-refractivity contribution in [1.82, 2.24) is 10.0 Å². The molecule has 0 spiro atoms. The van der Waals surface area contributed by atoms with Crippen molar-refractivity contribution in [3.63, 3.8) is 0 Å². The van der Waals surface area contributed by atoms with Crippen LogP contribution in [0, 0.1) is 5.82 Å². The molecule has 1 fully saturated rings. The maximum atomic E-state index is 13.1.